The Labute approximate surface area is 132 Å². The molecule has 22 heavy (non-hydrogen) atoms. The lowest BCUT2D eigenvalue weighted by molar-refractivity contribution is 0.134. The molecule has 4 nitrogen and oxygen atoms in total. The maximum atomic E-state index is 6.38. The van der Waals surface area contributed by atoms with Crippen LogP contribution in [0.5, 0.6) is 5.75 Å². The van der Waals surface area contributed by atoms with Gasteiger partial charge >= 0.3 is 0 Å². The number of aromatic nitrogens is 2. The molecule has 1 fully saturated rings. The average Bonchev–Trinajstić information content (AvgIpc) is 3.02. The van der Waals surface area contributed by atoms with E-state index in [1.165, 1.54) is 30.2 Å². The van der Waals surface area contributed by atoms with E-state index in [9.17, 15) is 0 Å². The van der Waals surface area contributed by atoms with Crippen LogP contribution in [0.25, 0.3) is 10.9 Å². The van der Waals surface area contributed by atoms with Crippen molar-refractivity contribution >= 4 is 10.9 Å². The maximum absolute atomic E-state index is 6.38. The van der Waals surface area contributed by atoms with Crippen LogP contribution in [0.1, 0.15) is 51.5 Å². The minimum Gasteiger partial charge on any atom is -0.490 e. The van der Waals surface area contributed by atoms with Crippen LogP contribution in [-0.2, 0) is 6.42 Å². The molecule has 4 heteroatoms. The molecule has 0 amide bonds. The lowest BCUT2D eigenvalue weighted by Crippen LogP contribution is -2.38. The van der Waals surface area contributed by atoms with Gasteiger partial charge in [-0.25, -0.2) is 0 Å². The zero-order valence-electron chi connectivity index (χ0n) is 13.7. The molecule has 0 aliphatic heterocycles. The Hall–Kier alpha value is -1.55. The van der Waals surface area contributed by atoms with E-state index in [2.05, 4.69) is 41.5 Å². The van der Waals surface area contributed by atoms with Gasteiger partial charge in [-0.15, -0.1) is 0 Å². The summed E-state index contributed by atoms with van der Waals surface area (Å²) < 4.78 is 6.38. The van der Waals surface area contributed by atoms with Crippen molar-refractivity contribution in [2.75, 3.05) is 6.54 Å². The number of nitrogens with one attached hydrogen (secondary N) is 2. The molecule has 3 rings (SSSR count). The van der Waals surface area contributed by atoms with Crippen molar-refractivity contribution in [3.05, 3.63) is 23.9 Å². The number of benzene rings is 1. The molecule has 0 unspecified atom stereocenters. The van der Waals surface area contributed by atoms with Gasteiger partial charge in [0.15, 0.2) is 0 Å². The summed E-state index contributed by atoms with van der Waals surface area (Å²) in [6.07, 6.45) is 9.22. The molecule has 2 atom stereocenters. The number of H-pyrrole nitrogens is 1. The highest BCUT2D eigenvalue weighted by atomic mass is 16.5. The van der Waals surface area contributed by atoms with Crippen molar-refractivity contribution in [3.63, 3.8) is 0 Å². The van der Waals surface area contributed by atoms with Gasteiger partial charge in [-0.05, 0) is 57.2 Å². The van der Waals surface area contributed by atoms with Crippen molar-refractivity contribution < 1.29 is 4.74 Å². The van der Waals surface area contributed by atoms with Crippen LogP contribution in [0.15, 0.2) is 18.3 Å². The summed E-state index contributed by atoms with van der Waals surface area (Å²) in [6.45, 7) is 5.51. The van der Waals surface area contributed by atoms with Gasteiger partial charge < -0.3 is 10.1 Å². The minimum atomic E-state index is 0.331. The van der Waals surface area contributed by atoms with E-state index >= 15 is 0 Å². The van der Waals surface area contributed by atoms with Gasteiger partial charge in [-0.3, -0.25) is 5.10 Å². The number of fused-ring (bicyclic) bond motifs is 1. The third-order valence-corrected chi connectivity index (χ3v) is 4.65. The molecule has 1 saturated carbocycles. The van der Waals surface area contributed by atoms with Crippen LogP contribution >= 0.6 is 0 Å². The Morgan fingerprint density at radius 2 is 2.23 bits per heavy atom. The fourth-order valence-corrected chi connectivity index (χ4v) is 3.50. The van der Waals surface area contributed by atoms with Crippen molar-refractivity contribution in [1.29, 1.82) is 0 Å². The first-order chi connectivity index (χ1) is 10.8. The predicted molar refractivity (Wildman–Crippen MR) is 90.4 cm³/mol. The molecule has 0 spiro atoms. The Balaban J connectivity index is 1.72. The molecule has 120 valence electrons. The summed E-state index contributed by atoms with van der Waals surface area (Å²) in [6, 6.07) is 4.79. The van der Waals surface area contributed by atoms with E-state index < -0.39 is 0 Å². The smallest absolute Gasteiger partial charge is 0.123 e. The van der Waals surface area contributed by atoms with Gasteiger partial charge in [-0.2, -0.15) is 5.10 Å². The van der Waals surface area contributed by atoms with Crippen LogP contribution < -0.4 is 10.1 Å². The van der Waals surface area contributed by atoms with Gasteiger partial charge in [0.1, 0.15) is 11.9 Å². The number of hydrogen-bond donors (Lipinski definition) is 2. The largest absolute Gasteiger partial charge is 0.490 e. The molecule has 2 N–H and O–H groups in total. The first-order valence-electron chi connectivity index (χ1n) is 8.66. The number of ether oxygens (including phenoxy) is 1. The molecule has 2 aromatic rings. The summed E-state index contributed by atoms with van der Waals surface area (Å²) >= 11 is 0. The van der Waals surface area contributed by atoms with E-state index in [1.807, 2.05) is 6.20 Å². The highest BCUT2D eigenvalue weighted by Crippen LogP contribution is 2.31. The maximum Gasteiger partial charge on any atom is 0.123 e. The topological polar surface area (TPSA) is 49.9 Å². The third kappa shape index (κ3) is 3.27. The Morgan fingerprint density at radius 1 is 1.32 bits per heavy atom. The van der Waals surface area contributed by atoms with Gasteiger partial charge in [-0.1, -0.05) is 13.8 Å². The quantitative estimate of drug-likeness (QED) is 0.853. The van der Waals surface area contributed by atoms with Gasteiger partial charge in [0, 0.05) is 17.0 Å². The summed E-state index contributed by atoms with van der Waals surface area (Å²) in [4.78, 5) is 0. The molecule has 1 heterocycles. The second kappa shape index (κ2) is 7.14. The van der Waals surface area contributed by atoms with Gasteiger partial charge in [0.25, 0.3) is 0 Å². The molecule has 0 bridgehead atoms. The SMILES string of the molecule is CCCN[C@@H]1CCC[C@H](Oc2ccc3[nH]ncc3c2CC)C1. The van der Waals surface area contributed by atoms with E-state index in [4.69, 9.17) is 4.74 Å². The first kappa shape index (κ1) is 15.3. The van der Waals surface area contributed by atoms with Crippen LogP contribution in [-0.4, -0.2) is 28.9 Å². The van der Waals surface area contributed by atoms with Crippen LogP contribution in [0.3, 0.4) is 0 Å². The molecule has 0 radical (unpaired) electrons. The van der Waals surface area contributed by atoms with Crippen LogP contribution in [0.2, 0.25) is 0 Å². The number of nitrogens with zero attached hydrogens (tertiary/aromatic N) is 1. The Morgan fingerprint density at radius 3 is 3.05 bits per heavy atom. The standard InChI is InChI=1S/C18H27N3O/c1-3-10-19-13-6-5-7-14(11-13)22-18-9-8-17-16(12-20-21-17)15(18)4-2/h8-9,12-14,19H,3-7,10-11H2,1-2H3,(H,20,21)/t13-,14+/m1/s1. The third-order valence-electron chi connectivity index (χ3n) is 4.65. The molecule has 1 aromatic carbocycles. The van der Waals surface area contributed by atoms with E-state index in [0.29, 0.717) is 12.1 Å². The zero-order valence-corrected chi connectivity index (χ0v) is 13.7. The van der Waals surface area contributed by atoms with E-state index in [0.717, 1.165) is 37.1 Å². The lowest BCUT2D eigenvalue weighted by atomic mass is 9.92. The normalized spacial score (nSPS) is 22.1. The van der Waals surface area contributed by atoms with Crippen molar-refractivity contribution in [2.45, 2.75) is 64.5 Å². The number of hydrogen-bond acceptors (Lipinski definition) is 3. The predicted octanol–water partition coefficient (Wildman–Crippen LogP) is 3.81. The van der Waals surface area contributed by atoms with Gasteiger partial charge in [0.05, 0.1) is 11.7 Å². The first-order valence-corrected chi connectivity index (χ1v) is 8.66. The number of rotatable bonds is 6. The Bertz CT molecular complexity index is 607. The van der Waals surface area contributed by atoms with Crippen LogP contribution in [0, 0.1) is 0 Å². The number of aromatic amines is 1. The molecule has 1 aliphatic rings. The fourth-order valence-electron chi connectivity index (χ4n) is 3.50. The zero-order chi connectivity index (χ0) is 15.4. The summed E-state index contributed by atoms with van der Waals surface area (Å²) in [5.74, 6) is 1.04. The van der Waals surface area contributed by atoms with Crippen LogP contribution in [0.4, 0.5) is 0 Å². The minimum absolute atomic E-state index is 0.331. The monoisotopic (exact) mass is 301 g/mol. The molecular formula is C18H27N3O. The highest BCUT2D eigenvalue weighted by molar-refractivity contribution is 5.84. The summed E-state index contributed by atoms with van der Waals surface area (Å²) in [5, 5.41) is 12.0. The molecule has 1 aliphatic carbocycles. The van der Waals surface area contributed by atoms with Gasteiger partial charge in [0.2, 0.25) is 0 Å². The second-order valence-corrected chi connectivity index (χ2v) is 6.28. The number of aryl methyl sites for hydroxylation is 1. The highest BCUT2D eigenvalue weighted by Gasteiger charge is 2.23. The lowest BCUT2D eigenvalue weighted by Gasteiger charge is -2.31. The van der Waals surface area contributed by atoms with Crippen molar-refractivity contribution in [2.24, 2.45) is 0 Å². The van der Waals surface area contributed by atoms with E-state index in [-0.39, 0.29) is 0 Å². The molecule has 1 aromatic heterocycles. The fraction of sp³-hybridized carbons (Fsp3) is 0.611. The molecule has 0 saturated heterocycles. The summed E-state index contributed by atoms with van der Waals surface area (Å²) in [5.41, 5.74) is 2.37. The summed E-state index contributed by atoms with van der Waals surface area (Å²) in [7, 11) is 0. The molecular weight excluding hydrogens is 274 g/mol. The second-order valence-electron chi connectivity index (χ2n) is 6.28. The average molecular weight is 301 g/mol. The van der Waals surface area contributed by atoms with Crippen molar-refractivity contribution in [1.82, 2.24) is 15.5 Å². The Kier molecular flexibility index (Phi) is 4.98. The van der Waals surface area contributed by atoms with Crippen molar-refractivity contribution in [3.8, 4) is 5.75 Å². The van der Waals surface area contributed by atoms with E-state index in [1.54, 1.807) is 0 Å².